The predicted molar refractivity (Wildman–Crippen MR) is 54.3 cm³/mol. The largest absolute Gasteiger partial charge is 0.337 e. The molecular weight excluding hydrogens is 162 g/mol. The molecule has 1 atom stereocenters. The monoisotopic (exact) mass is 181 g/mol. The molecule has 3 nitrogen and oxygen atoms in total. The summed E-state index contributed by atoms with van der Waals surface area (Å²) in [6.07, 6.45) is 10.3. The number of aryl methyl sites for hydroxylation is 1. The van der Waals surface area contributed by atoms with Gasteiger partial charge in [0.25, 0.3) is 0 Å². The third-order valence-electron chi connectivity index (χ3n) is 2.25. The van der Waals surface area contributed by atoms with Gasteiger partial charge in [-0.1, -0.05) is 19.8 Å². The van der Waals surface area contributed by atoms with Crippen molar-refractivity contribution in [3.05, 3.63) is 18.7 Å². The summed E-state index contributed by atoms with van der Waals surface area (Å²) in [6.45, 7) is 3.19. The molecule has 0 saturated heterocycles. The van der Waals surface area contributed by atoms with E-state index in [1.165, 1.54) is 12.8 Å². The molecule has 74 valence electrons. The van der Waals surface area contributed by atoms with E-state index in [0.29, 0.717) is 6.04 Å². The Kier molecular flexibility index (Phi) is 4.54. The maximum Gasteiger partial charge on any atom is 0.0945 e. The third kappa shape index (κ3) is 4.08. The number of aromatic nitrogens is 2. The van der Waals surface area contributed by atoms with Crippen molar-refractivity contribution in [2.45, 2.75) is 45.2 Å². The number of imidazole rings is 1. The Bertz CT molecular complexity index is 206. The van der Waals surface area contributed by atoms with Gasteiger partial charge in [-0.05, 0) is 12.8 Å². The molecule has 0 fully saturated rings. The topological polar surface area (TPSA) is 43.8 Å². The molecule has 1 rings (SSSR count). The summed E-state index contributed by atoms with van der Waals surface area (Å²) in [5.41, 5.74) is 5.94. The van der Waals surface area contributed by atoms with Gasteiger partial charge in [-0.3, -0.25) is 0 Å². The fraction of sp³-hybridized carbons (Fsp3) is 0.700. The van der Waals surface area contributed by atoms with Gasteiger partial charge in [-0.25, -0.2) is 4.98 Å². The number of hydrogen-bond donors (Lipinski definition) is 1. The number of hydrogen-bond acceptors (Lipinski definition) is 2. The minimum absolute atomic E-state index is 0.349. The number of nitrogens with zero attached hydrogens (tertiary/aromatic N) is 2. The molecule has 13 heavy (non-hydrogen) atoms. The molecule has 0 aromatic carbocycles. The van der Waals surface area contributed by atoms with Gasteiger partial charge in [-0.15, -0.1) is 0 Å². The van der Waals surface area contributed by atoms with Crippen molar-refractivity contribution in [1.29, 1.82) is 0 Å². The van der Waals surface area contributed by atoms with Crippen LogP contribution in [0.5, 0.6) is 0 Å². The van der Waals surface area contributed by atoms with Gasteiger partial charge in [0.05, 0.1) is 6.33 Å². The first kappa shape index (κ1) is 10.3. The average molecular weight is 181 g/mol. The maximum absolute atomic E-state index is 5.94. The van der Waals surface area contributed by atoms with Crippen LogP contribution in [-0.2, 0) is 6.54 Å². The average Bonchev–Trinajstić information content (AvgIpc) is 2.64. The molecule has 0 aliphatic rings. The van der Waals surface area contributed by atoms with Crippen LogP contribution in [0.15, 0.2) is 18.7 Å². The van der Waals surface area contributed by atoms with E-state index in [1.54, 1.807) is 6.20 Å². The SMILES string of the molecule is CCCC[C@H](N)CCn1ccnc1. The van der Waals surface area contributed by atoms with Crippen LogP contribution in [0.1, 0.15) is 32.6 Å². The summed E-state index contributed by atoms with van der Waals surface area (Å²) in [5.74, 6) is 0. The lowest BCUT2D eigenvalue weighted by molar-refractivity contribution is 0.497. The second-order valence-corrected chi connectivity index (χ2v) is 3.49. The highest BCUT2D eigenvalue weighted by Gasteiger charge is 2.01. The van der Waals surface area contributed by atoms with Crippen molar-refractivity contribution in [3.8, 4) is 0 Å². The fourth-order valence-corrected chi connectivity index (χ4v) is 1.34. The third-order valence-corrected chi connectivity index (χ3v) is 2.25. The maximum atomic E-state index is 5.94. The van der Waals surface area contributed by atoms with Crippen molar-refractivity contribution in [2.24, 2.45) is 5.73 Å². The summed E-state index contributed by atoms with van der Waals surface area (Å²) in [5, 5.41) is 0. The molecule has 1 aromatic heterocycles. The highest BCUT2D eigenvalue weighted by Crippen LogP contribution is 2.03. The lowest BCUT2D eigenvalue weighted by Crippen LogP contribution is -2.21. The van der Waals surface area contributed by atoms with Crippen molar-refractivity contribution in [3.63, 3.8) is 0 Å². The zero-order valence-corrected chi connectivity index (χ0v) is 8.32. The quantitative estimate of drug-likeness (QED) is 0.727. The Balaban J connectivity index is 2.11. The standard InChI is InChI=1S/C10H19N3/c1-2-3-4-10(11)5-7-13-8-6-12-9-13/h6,8-10H,2-5,7,11H2,1H3/t10-/m0/s1. The number of nitrogens with two attached hydrogens (primary N) is 1. The molecule has 3 heteroatoms. The summed E-state index contributed by atoms with van der Waals surface area (Å²) < 4.78 is 2.08. The van der Waals surface area contributed by atoms with Crippen LogP contribution in [-0.4, -0.2) is 15.6 Å². The Hall–Kier alpha value is -0.830. The lowest BCUT2D eigenvalue weighted by Gasteiger charge is -2.10. The smallest absolute Gasteiger partial charge is 0.0945 e. The molecule has 0 radical (unpaired) electrons. The minimum Gasteiger partial charge on any atom is -0.337 e. The zero-order chi connectivity index (χ0) is 9.52. The number of unbranched alkanes of at least 4 members (excludes halogenated alkanes) is 1. The first-order valence-corrected chi connectivity index (χ1v) is 5.04. The summed E-state index contributed by atoms with van der Waals surface area (Å²) in [6, 6.07) is 0.349. The van der Waals surface area contributed by atoms with Crippen molar-refractivity contribution < 1.29 is 0 Å². The van der Waals surface area contributed by atoms with E-state index in [0.717, 1.165) is 19.4 Å². The van der Waals surface area contributed by atoms with Gasteiger partial charge >= 0.3 is 0 Å². The summed E-state index contributed by atoms with van der Waals surface area (Å²) in [7, 11) is 0. The van der Waals surface area contributed by atoms with Crippen molar-refractivity contribution in [2.75, 3.05) is 0 Å². The summed E-state index contributed by atoms with van der Waals surface area (Å²) in [4.78, 5) is 3.98. The first-order chi connectivity index (χ1) is 6.33. The minimum atomic E-state index is 0.349. The molecule has 0 amide bonds. The Morgan fingerprint density at radius 1 is 1.46 bits per heavy atom. The van der Waals surface area contributed by atoms with Gasteiger partial charge in [0.2, 0.25) is 0 Å². The van der Waals surface area contributed by atoms with Crippen LogP contribution >= 0.6 is 0 Å². The van der Waals surface area contributed by atoms with Crippen LogP contribution in [0.2, 0.25) is 0 Å². The normalized spacial score (nSPS) is 13.1. The van der Waals surface area contributed by atoms with E-state index in [9.17, 15) is 0 Å². The molecule has 0 saturated carbocycles. The second kappa shape index (κ2) is 5.75. The first-order valence-electron chi connectivity index (χ1n) is 5.04. The van der Waals surface area contributed by atoms with E-state index >= 15 is 0 Å². The van der Waals surface area contributed by atoms with Gasteiger partial charge in [0.15, 0.2) is 0 Å². The van der Waals surface area contributed by atoms with E-state index in [2.05, 4.69) is 16.5 Å². The molecular formula is C10H19N3. The molecule has 0 bridgehead atoms. The zero-order valence-electron chi connectivity index (χ0n) is 8.32. The fourth-order valence-electron chi connectivity index (χ4n) is 1.34. The van der Waals surface area contributed by atoms with Crippen LogP contribution in [0.25, 0.3) is 0 Å². The lowest BCUT2D eigenvalue weighted by atomic mass is 10.1. The molecule has 0 unspecified atom stereocenters. The van der Waals surface area contributed by atoms with E-state index in [4.69, 9.17) is 5.73 Å². The molecule has 1 aromatic rings. The molecule has 1 heterocycles. The van der Waals surface area contributed by atoms with Crippen LogP contribution < -0.4 is 5.73 Å². The van der Waals surface area contributed by atoms with Crippen molar-refractivity contribution in [1.82, 2.24) is 9.55 Å². The van der Waals surface area contributed by atoms with Crippen LogP contribution in [0, 0.1) is 0 Å². The molecule has 0 spiro atoms. The second-order valence-electron chi connectivity index (χ2n) is 3.49. The van der Waals surface area contributed by atoms with E-state index in [1.807, 2.05) is 12.5 Å². The number of rotatable bonds is 6. The molecule has 2 N–H and O–H groups in total. The van der Waals surface area contributed by atoms with Crippen molar-refractivity contribution >= 4 is 0 Å². The van der Waals surface area contributed by atoms with Gasteiger partial charge in [0, 0.05) is 25.0 Å². The van der Waals surface area contributed by atoms with Gasteiger partial charge in [0.1, 0.15) is 0 Å². The Labute approximate surface area is 80.0 Å². The highest BCUT2D eigenvalue weighted by molar-refractivity contribution is 4.75. The van der Waals surface area contributed by atoms with Gasteiger partial charge < -0.3 is 10.3 Å². The van der Waals surface area contributed by atoms with E-state index in [-0.39, 0.29) is 0 Å². The van der Waals surface area contributed by atoms with Crippen LogP contribution in [0.4, 0.5) is 0 Å². The van der Waals surface area contributed by atoms with Crippen LogP contribution in [0.3, 0.4) is 0 Å². The van der Waals surface area contributed by atoms with Gasteiger partial charge in [-0.2, -0.15) is 0 Å². The van der Waals surface area contributed by atoms with E-state index < -0.39 is 0 Å². The summed E-state index contributed by atoms with van der Waals surface area (Å²) >= 11 is 0. The highest BCUT2D eigenvalue weighted by atomic mass is 15.0. The Morgan fingerprint density at radius 3 is 2.92 bits per heavy atom. The predicted octanol–water partition coefficient (Wildman–Crippen LogP) is 1.79. The Morgan fingerprint density at radius 2 is 2.31 bits per heavy atom. The molecule has 0 aliphatic heterocycles. The molecule has 0 aliphatic carbocycles.